The molecule has 0 aliphatic carbocycles. The number of hydrogen-bond donors (Lipinski definition) is 2. The summed E-state index contributed by atoms with van der Waals surface area (Å²) in [6.07, 6.45) is 3.54. The Morgan fingerprint density at radius 3 is 2.36 bits per heavy atom. The third-order valence-corrected chi connectivity index (χ3v) is 5.60. The Kier molecular flexibility index (Phi) is 6.62. The predicted molar refractivity (Wildman–Crippen MR) is 83.9 cm³/mol. The molecular weight excluding hydrogens is 284 g/mol. The number of carboxylic acid groups (broad SMARTS) is 1. The number of aliphatic hydroxyl groups is 1. The van der Waals surface area contributed by atoms with E-state index in [9.17, 15) is 9.90 Å². The number of rotatable bonds is 7. The van der Waals surface area contributed by atoms with Crippen molar-refractivity contribution in [2.75, 3.05) is 59.6 Å². The minimum atomic E-state index is -0.743. The molecule has 6 nitrogen and oxygen atoms in total. The van der Waals surface area contributed by atoms with Crippen LogP contribution >= 0.6 is 0 Å². The van der Waals surface area contributed by atoms with Crippen LogP contribution in [0.3, 0.4) is 0 Å². The van der Waals surface area contributed by atoms with Gasteiger partial charge < -0.3 is 24.7 Å². The number of piperidine rings is 2. The highest BCUT2D eigenvalue weighted by Gasteiger charge is 2.44. The molecule has 2 aliphatic heterocycles. The van der Waals surface area contributed by atoms with Crippen LogP contribution < -0.4 is 0 Å². The monoisotopic (exact) mass is 314 g/mol. The van der Waals surface area contributed by atoms with Gasteiger partial charge in [0.1, 0.15) is 0 Å². The van der Waals surface area contributed by atoms with Gasteiger partial charge in [0.05, 0.1) is 13.0 Å². The van der Waals surface area contributed by atoms with Crippen molar-refractivity contribution in [2.45, 2.75) is 25.7 Å². The molecule has 0 aromatic carbocycles. The van der Waals surface area contributed by atoms with E-state index in [1.54, 1.807) is 7.11 Å². The molecule has 2 heterocycles. The molecule has 0 aromatic heterocycles. The van der Waals surface area contributed by atoms with Gasteiger partial charge >= 0.3 is 5.97 Å². The van der Waals surface area contributed by atoms with Gasteiger partial charge in [0.25, 0.3) is 0 Å². The third kappa shape index (κ3) is 4.41. The summed E-state index contributed by atoms with van der Waals surface area (Å²) in [5.74, 6) is -0.466. The van der Waals surface area contributed by atoms with Crippen LogP contribution in [0.25, 0.3) is 0 Å². The van der Waals surface area contributed by atoms with Gasteiger partial charge in [-0.25, -0.2) is 0 Å². The molecule has 2 saturated heterocycles. The van der Waals surface area contributed by atoms with Crippen LogP contribution in [0.4, 0.5) is 0 Å². The van der Waals surface area contributed by atoms with E-state index in [0.29, 0.717) is 6.54 Å². The highest BCUT2D eigenvalue weighted by molar-refractivity contribution is 5.66. The number of ether oxygens (including phenoxy) is 1. The summed E-state index contributed by atoms with van der Waals surface area (Å²) in [7, 11) is 1.74. The average molecular weight is 314 g/mol. The molecule has 128 valence electrons. The summed E-state index contributed by atoms with van der Waals surface area (Å²) in [6.45, 7) is 6.53. The lowest BCUT2D eigenvalue weighted by Gasteiger charge is -2.51. The second-order valence-corrected chi connectivity index (χ2v) is 6.77. The minimum absolute atomic E-state index is 0.190. The number of likely N-dealkylation sites (tertiary alicyclic amines) is 2. The summed E-state index contributed by atoms with van der Waals surface area (Å²) >= 11 is 0. The topological polar surface area (TPSA) is 73.2 Å². The molecule has 2 aliphatic rings. The number of hydrogen-bond acceptors (Lipinski definition) is 5. The highest BCUT2D eigenvalue weighted by Crippen LogP contribution is 2.45. The molecule has 1 atom stereocenters. The molecule has 22 heavy (non-hydrogen) atoms. The Bertz CT molecular complexity index is 356. The van der Waals surface area contributed by atoms with Crippen molar-refractivity contribution < 1.29 is 19.7 Å². The molecule has 0 bridgehead atoms. The average Bonchev–Trinajstić information content (AvgIpc) is 2.53. The Balaban J connectivity index is 1.85. The second kappa shape index (κ2) is 8.24. The molecule has 0 aromatic rings. The molecule has 1 unspecified atom stereocenters. The van der Waals surface area contributed by atoms with E-state index in [1.165, 1.54) is 0 Å². The maximum atomic E-state index is 10.7. The highest BCUT2D eigenvalue weighted by atomic mass is 16.5. The number of aliphatic carboxylic acids is 1. The van der Waals surface area contributed by atoms with Gasteiger partial charge in [0.2, 0.25) is 0 Å². The van der Waals surface area contributed by atoms with Crippen molar-refractivity contribution in [3.05, 3.63) is 0 Å². The SMILES string of the molecule is COCCN1CCC2(CC1)CCN(CCC(=O)O)CC2CO. The predicted octanol–water partition coefficient (Wildman–Crippen LogP) is 0.504. The van der Waals surface area contributed by atoms with Crippen LogP contribution in [0, 0.1) is 11.3 Å². The fourth-order valence-corrected chi connectivity index (χ4v) is 3.99. The largest absolute Gasteiger partial charge is 0.481 e. The van der Waals surface area contributed by atoms with Gasteiger partial charge in [-0.05, 0) is 44.3 Å². The van der Waals surface area contributed by atoms with Crippen LogP contribution in [0.5, 0.6) is 0 Å². The molecule has 0 amide bonds. The molecular formula is C16H30N2O4. The number of carbonyl (C=O) groups is 1. The minimum Gasteiger partial charge on any atom is -0.481 e. The van der Waals surface area contributed by atoms with Gasteiger partial charge in [-0.3, -0.25) is 4.79 Å². The zero-order valence-corrected chi connectivity index (χ0v) is 13.7. The molecule has 1 spiro atoms. The quantitative estimate of drug-likeness (QED) is 0.713. The van der Waals surface area contributed by atoms with Gasteiger partial charge in [-0.15, -0.1) is 0 Å². The first kappa shape index (κ1) is 17.7. The Labute approximate surface area is 133 Å². The smallest absolute Gasteiger partial charge is 0.304 e. The zero-order valence-electron chi connectivity index (χ0n) is 13.7. The van der Waals surface area contributed by atoms with Crippen LogP contribution in [-0.2, 0) is 9.53 Å². The first-order valence-corrected chi connectivity index (χ1v) is 8.36. The van der Waals surface area contributed by atoms with Crippen molar-refractivity contribution >= 4 is 5.97 Å². The summed E-state index contributed by atoms with van der Waals surface area (Å²) in [6, 6.07) is 0. The second-order valence-electron chi connectivity index (χ2n) is 6.77. The molecule has 2 fully saturated rings. The summed E-state index contributed by atoms with van der Waals surface area (Å²) < 4.78 is 5.15. The fourth-order valence-electron chi connectivity index (χ4n) is 3.99. The number of methoxy groups -OCH3 is 1. The molecule has 6 heteroatoms. The molecule has 2 rings (SSSR count). The lowest BCUT2D eigenvalue weighted by molar-refractivity contribution is -0.137. The van der Waals surface area contributed by atoms with Crippen molar-refractivity contribution in [3.8, 4) is 0 Å². The standard InChI is InChI=1S/C16H30N2O4/c1-22-11-10-17-7-3-16(4-8-17)5-9-18(6-2-15(20)21)12-14(16)13-19/h14,19H,2-13H2,1H3,(H,20,21). The Morgan fingerprint density at radius 1 is 1.18 bits per heavy atom. The van der Waals surface area contributed by atoms with Crippen LogP contribution in [0.1, 0.15) is 25.7 Å². The number of carboxylic acids is 1. The summed E-state index contributed by atoms with van der Waals surface area (Å²) in [5, 5.41) is 18.7. The van der Waals surface area contributed by atoms with Crippen LogP contribution in [0.15, 0.2) is 0 Å². The van der Waals surface area contributed by atoms with E-state index in [4.69, 9.17) is 9.84 Å². The van der Waals surface area contributed by atoms with Crippen molar-refractivity contribution in [2.24, 2.45) is 11.3 Å². The van der Waals surface area contributed by atoms with E-state index < -0.39 is 5.97 Å². The van der Waals surface area contributed by atoms with E-state index in [0.717, 1.165) is 58.6 Å². The van der Waals surface area contributed by atoms with Crippen molar-refractivity contribution in [3.63, 3.8) is 0 Å². The maximum absolute atomic E-state index is 10.7. The molecule has 0 saturated carbocycles. The number of aliphatic hydroxyl groups excluding tert-OH is 1. The summed E-state index contributed by atoms with van der Waals surface area (Å²) in [4.78, 5) is 15.4. The Hall–Kier alpha value is -0.690. The normalized spacial score (nSPS) is 26.4. The third-order valence-electron chi connectivity index (χ3n) is 5.60. The summed E-state index contributed by atoms with van der Waals surface area (Å²) in [5.41, 5.74) is 0.248. The van der Waals surface area contributed by atoms with E-state index in [1.807, 2.05) is 0 Å². The van der Waals surface area contributed by atoms with Gasteiger partial charge in [-0.2, -0.15) is 0 Å². The number of nitrogens with zero attached hydrogens (tertiary/aromatic N) is 2. The molecule has 0 radical (unpaired) electrons. The fraction of sp³-hybridized carbons (Fsp3) is 0.938. The van der Waals surface area contributed by atoms with E-state index in [-0.39, 0.29) is 24.4 Å². The van der Waals surface area contributed by atoms with E-state index >= 15 is 0 Å². The Morgan fingerprint density at radius 2 is 1.82 bits per heavy atom. The first-order chi connectivity index (χ1) is 10.6. The lowest BCUT2D eigenvalue weighted by atomic mass is 9.64. The first-order valence-electron chi connectivity index (χ1n) is 8.36. The maximum Gasteiger partial charge on any atom is 0.304 e. The van der Waals surface area contributed by atoms with Crippen molar-refractivity contribution in [1.82, 2.24) is 9.80 Å². The van der Waals surface area contributed by atoms with Gasteiger partial charge in [-0.1, -0.05) is 0 Å². The zero-order chi connectivity index (χ0) is 16.0. The lowest BCUT2D eigenvalue weighted by Crippen LogP contribution is -2.54. The van der Waals surface area contributed by atoms with Crippen LogP contribution in [-0.4, -0.2) is 85.6 Å². The van der Waals surface area contributed by atoms with E-state index in [2.05, 4.69) is 9.80 Å². The van der Waals surface area contributed by atoms with Crippen molar-refractivity contribution in [1.29, 1.82) is 0 Å². The van der Waals surface area contributed by atoms with Gasteiger partial charge in [0.15, 0.2) is 0 Å². The molecule has 2 N–H and O–H groups in total. The van der Waals surface area contributed by atoms with Crippen LogP contribution in [0.2, 0.25) is 0 Å². The van der Waals surface area contributed by atoms with Gasteiger partial charge in [0, 0.05) is 39.3 Å².